The van der Waals surface area contributed by atoms with E-state index in [9.17, 15) is 19.7 Å². The van der Waals surface area contributed by atoms with E-state index in [1.807, 2.05) is 30.3 Å². The van der Waals surface area contributed by atoms with Gasteiger partial charge in [0.25, 0.3) is 11.6 Å². The van der Waals surface area contributed by atoms with Crippen LogP contribution in [0.1, 0.15) is 18.1 Å². The lowest BCUT2D eigenvalue weighted by Gasteiger charge is -2.03. The number of Topliss-reactive ketones (excluding diaryl/α,β-unsaturated/α-hetero) is 1. The summed E-state index contributed by atoms with van der Waals surface area (Å²) in [5, 5.41) is 13.2. The third-order valence-electron chi connectivity index (χ3n) is 3.57. The van der Waals surface area contributed by atoms with Gasteiger partial charge in [0.05, 0.1) is 10.5 Å². The second-order valence-corrected chi connectivity index (χ2v) is 5.53. The summed E-state index contributed by atoms with van der Waals surface area (Å²) < 4.78 is 0. The van der Waals surface area contributed by atoms with Gasteiger partial charge in [-0.2, -0.15) is 0 Å². The third-order valence-corrected chi connectivity index (χ3v) is 3.57. The summed E-state index contributed by atoms with van der Waals surface area (Å²) >= 11 is 0. The molecule has 2 aromatic carbocycles. The van der Waals surface area contributed by atoms with Crippen molar-refractivity contribution in [2.24, 2.45) is 0 Å². The van der Waals surface area contributed by atoms with Crippen molar-refractivity contribution in [2.45, 2.75) is 13.3 Å². The molecule has 0 fully saturated rings. The molecule has 0 saturated heterocycles. The van der Waals surface area contributed by atoms with Crippen LogP contribution in [0.3, 0.4) is 0 Å². The van der Waals surface area contributed by atoms with E-state index in [4.69, 9.17) is 0 Å². The van der Waals surface area contributed by atoms with Gasteiger partial charge in [-0.3, -0.25) is 19.7 Å². The largest absolute Gasteiger partial charge is 0.329 e. The van der Waals surface area contributed by atoms with Gasteiger partial charge in [0.15, 0.2) is 5.78 Å². The standard InChI is InChI=1S/C20H18N2O4/c1-15(23)19(14-17-9-11-18(12-10-17)22(25)26)20(24)21-13-5-8-16-6-3-2-4-7-16/h2-7,9-14H,8H2,1H3,(H,21,24). The summed E-state index contributed by atoms with van der Waals surface area (Å²) in [6, 6.07) is 15.4. The molecule has 6 heteroatoms. The molecule has 2 aromatic rings. The maximum absolute atomic E-state index is 12.2. The molecule has 6 nitrogen and oxygen atoms in total. The summed E-state index contributed by atoms with van der Waals surface area (Å²) in [4.78, 5) is 34.1. The lowest BCUT2D eigenvalue weighted by atomic mass is 10.1. The predicted octanol–water partition coefficient (Wildman–Crippen LogP) is 3.44. The fraction of sp³-hybridized carbons (Fsp3) is 0.100. The van der Waals surface area contributed by atoms with Gasteiger partial charge in [-0.25, -0.2) is 0 Å². The number of nitrogens with one attached hydrogen (secondary N) is 1. The van der Waals surface area contributed by atoms with Crippen LogP contribution in [-0.4, -0.2) is 16.6 Å². The summed E-state index contributed by atoms with van der Waals surface area (Å²) in [6.45, 7) is 1.30. The van der Waals surface area contributed by atoms with Crippen molar-refractivity contribution in [1.82, 2.24) is 5.32 Å². The van der Waals surface area contributed by atoms with Crippen molar-refractivity contribution in [2.75, 3.05) is 0 Å². The third kappa shape index (κ3) is 5.52. The lowest BCUT2D eigenvalue weighted by Crippen LogP contribution is -2.23. The first-order valence-corrected chi connectivity index (χ1v) is 7.94. The number of nitro benzene ring substituents is 1. The fourth-order valence-electron chi connectivity index (χ4n) is 2.21. The molecule has 0 radical (unpaired) electrons. The Kier molecular flexibility index (Phi) is 6.56. The number of allylic oxidation sites excluding steroid dienone is 1. The molecular formula is C20H18N2O4. The maximum atomic E-state index is 12.2. The number of benzene rings is 2. The highest BCUT2D eigenvalue weighted by molar-refractivity contribution is 6.21. The molecular weight excluding hydrogens is 332 g/mol. The van der Waals surface area contributed by atoms with Crippen molar-refractivity contribution in [3.05, 3.63) is 93.7 Å². The summed E-state index contributed by atoms with van der Waals surface area (Å²) in [5.41, 5.74) is 1.55. The second kappa shape index (κ2) is 9.08. The van der Waals surface area contributed by atoms with Gasteiger partial charge in [0.1, 0.15) is 0 Å². The SMILES string of the molecule is CC(=O)C(=Cc1ccc([N+](=O)[O-])cc1)C(=O)NC=CCc1ccccc1. The minimum Gasteiger partial charge on any atom is -0.329 e. The van der Waals surface area contributed by atoms with Crippen LogP contribution in [0.25, 0.3) is 6.08 Å². The number of hydrogen-bond donors (Lipinski definition) is 1. The summed E-state index contributed by atoms with van der Waals surface area (Å²) in [7, 11) is 0. The zero-order chi connectivity index (χ0) is 18.9. The predicted molar refractivity (Wildman–Crippen MR) is 99.2 cm³/mol. The molecule has 0 unspecified atom stereocenters. The van der Waals surface area contributed by atoms with Gasteiger partial charge in [-0.05, 0) is 42.7 Å². The smallest absolute Gasteiger partial charge is 0.269 e. The molecule has 0 aliphatic carbocycles. The van der Waals surface area contributed by atoms with Crippen LogP contribution >= 0.6 is 0 Å². The van der Waals surface area contributed by atoms with Gasteiger partial charge < -0.3 is 5.32 Å². The molecule has 0 spiro atoms. The number of nitrogens with zero attached hydrogens (tertiary/aromatic N) is 1. The van der Waals surface area contributed by atoms with E-state index in [-0.39, 0.29) is 11.3 Å². The first-order valence-electron chi connectivity index (χ1n) is 7.94. The second-order valence-electron chi connectivity index (χ2n) is 5.53. The van der Waals surface area contributed by atoms with Crippen LogP contribution in [0.2, 0.25) is 0 Å². The van der Waals surface area contributed by atoms with Crippen LogP contribution in [0.15, 0.2) is 72.4 Å². The molecule has 0 bridgehead atoms. The molecule has 0 aromatic heterocycles. The Morgan fingerprint density at radius 3 is 2.31 bits per heavy atom. The number of nitro groups is 1. The van der Waals surface area contributed by atoms with Crippen LogP contribution in [0, 0.1) is 10.1 Å². The van der Waals surface area contributed by atoms with E-state index in [1.54, 1.807) is 6.08 Å². The maximum Gasteiger partial charge on any atom is 0.269 e. The molecule has 0 heterocycles. The Hall–Kier alpha value is -3.54. The highest BCUT2D eigenvalue weighted by atomic mass is 16.6. The Morgan fingerprint density at radius 1 is 1.08 bits per heavy atom. The quantitative estimate of drug-likeness (QED) is 0.272. The van der Waals surface area contributed by atoms with Crippen molar-refractivity contribution >= 4 is 23.5 Å². The minimum absolute atomic E-state index is 0.0248. The zero-order valence-corrected chi connectivity index (χ0v) is 14.2. The lowest BCUT2D eigenvalue weighted by molar-refractivity contribution is -0.384. The highest BCUT2D eigenvalue weighted by Gasteiger charge is 2.13. The number of ketones is 1. The molecule has 1 N–H and O–H groups in total. The monoisotopic (exact) mass is 350 g/mol. The Labute approximate surface area is 151 Å². The van der Waals surface area contributed by atoms with Gasteiger partial charge in [-0.15, -0.1) is 0 Å². The summed E-state index contributed by atoms with van der Waals surface area (Å²) in [6.07, 6.45) is 5.35. The molecule has 132 valence electrons. The number of carbonyl (C=O) groups excluding carboxylic acids is 2. The van der Waals surface area contributed by atoms with Gasteiger partial charge in [-0.1, -0.05) is 36.4 Å². The topological polar surface area (TPSA) is 89.3 Å². The molecule has 0 aliphatic rings. The van der Waals surface area contributed by atoms with Crippen molar-refractivity contribution in [3.8, 4) is 0 Å². The number of hydrogen-bond acceptors (Lipinski definition) is 4. The fourth-order valence-corrected chi connectivity index (χ4v) is 2.21. The van der Waals surface area contributed by atoms with Gasteiger partial charge in [0, 0.05) is 18.3 Å². The van der Waals surface area contributed by atoms with Crippen LogP contribution in [0.4, 0.5) is 5.69 Å². The van der Waals surface area contributed by atoms with Crippen LogP contribution < -0.4 is 5.32 Å². The Balaban J connectivity index is 2.04. The first-order chi connectivity index (χ1) is 12.5. The van der Waals surface area contributed by atoms with Crippen LogP contribution in [0.5, 0.6) is 0 Å². The van der Waals surface area contributed by atoms with Crippen molar-refractivity contribution in [3.63, 3.8) is 0 Å². The Bertz CT molecular complexity index is 853. The molecule has 0 atom stereocenters. The van der Waals surface area contributed by atoms with Gasteiger partial charge >= 0.3 is 0 Å². The van der Waals surface area contributed by atoms with Gasteiger partial charge in [0.2, 0.25) is 0 Å². The number of amides is 1. The number of carbonyl (C=O) groups is 2. The average molecular weight is 350 g/mol. The highest BCUT2D eigenvalue weighted by Crippen LogP contribution is 2.15. The van der Waals surface area contributed by atoms with Crippen molar-refractivity contribution in [1.29, 1.82) is 0 Å². The molecule has 0 saturated carbocycles. The molecule has 26 heavy (non-hydrogen) atoms. The van der Waals surface area contributed by atoms with Crippen LogP contribution in [-0.2, 0) is 16.0 Å². The van der Waals surface area contributed by atoms with E-state index in [0.29, 0.717) is 12.0 Å². The first kappa shape index (κ1) is 18.8. The van der Waals surface area contributed by atoms with Crippen molar-refractivity contribution < 1.29 is 14.5 Å². The Morgan fingerprint density at radius 2 is 1.73 bits per heavy atom. The molecule has 0 aliphatic heterocycles. The minimum atomic E-state index is -0.528. The van der Waals surface area contributed by atoms with E-state index < -0.39 is 16.6 Å². The van der Waals surface area contributed by atoms with E-state index >= 15 is 0 Å². The molecule has 1 amide bonds. The summed E-state index contributed by atoms with van der Waals surface area (Å²) in [5.74, 6) is -0.919. The average Bonchev–Trinajstić information content (AvgIpc) is 2.64. The van der Waals surface area contributed by atoms with E-state index in [1.165, 1.54) is 43.5 Å². The van der Waals surface area contributed by atoms with E-state index in [0.717, 1.165) is 5.56 Å². The zero-order valence-electron chi connectivity index (χ0n) is 14.2. The number of non-ortho nitro benzene ring substituents is 1. The number of rotatable bonds is 7. The van der Waals surface area contributed by atoms with E-state index in [2.05, 4.69) is 5.32 Å². The normalized spacial score (nSPS) is 11.3. The molecule has 2 rings (SSSR count).